The molecule has 1 fully saturated rings. The van der Waals surface area contributed by atoms with E-state index in [1.807, 2.05) is 4.90 Å². The first kappa shape index (κ1) is 13.3. The lowest BCUT2D eigenvalue weighted by Crippen LogP contribution is -2.36. The molecule has 0 N–H and O–H groups in total. The number of nitriles is 1. The van der Waals surface area contributed by atoms with Crippen LogP contribution in [0.3, 0.4) is 0 Å². The van der Waals surface area contributed by atoms with Crippen molar-refractivity contribution in [1.29, 1.82) is 5.26 Å². The van der Waals surface area contributed by atoms with Gasteiger partial charge in [0, 0.05) is 12.5 Å². The molecule has 1 aliphatic rings. The molecule has 0 unspecified atom stereocenters. The van der Waals surface area contributed by atoms with Gasteiger partial charge in [0.1, 0.15) is 6.61 Å². The molecular weight excluding hydrogens is 221 g/mol. The van der Waals surface area contributed by atoms with E-state index in [0.717, 1.165) is 25.9 Å². The number of hydrogen-bond acceptors (Lipinski definition) is 3. The highest BCUT2D eigenvalue weighted by Crippen LogP contribution is 2.16. The van der Waals surface area contributed by atoms with Crippen molar-refractivity contribution in [2.45, 2.75) is 19.0 Å². The molecule has 6 heteroatoms. The Labute approximate surface area is 92.8 Å². The molecule has 0 atom stereocenters. The molecule has 1 rings (SSSR count). The van der Waals surface area contributed by atoms with Gasteiger partial charge in [0.15, 0.2) is 0 Å². The second kappa shape index (κ2) is 6.06. The van der Waals surface area contributed by atoms with Gasteiger partial charge in [0.25, 0.3) is 0 Å². The van der Waals surface area contributed by atoms with Crippen LogP contribution in [0.2, 0.25) is 0 Å². The summed E-state index contributed by atoms with van der Waals surface area (Å²) in [5, 5.41) is 8.66. The highest BCUT2D eigenvalue weighted by atomic mass is 19.4. The van der Waals surface area contributed by atoms with Crippen LogP contribution in [0.15, 0.2) is 0 Å². The summed E-state index contributed by atoms with van der Waals surface area (Å²) >= 11 is 0. The largest absolute Gasteiger partial charge is 0.411 e. The summed E-state index contributed by atoms with van der Waals surface area (Å²) in [5.41, 5.74) is 0. The Hall–Kier alpha value is -0.800. The van der Waals surface area contributed by atoms with Crippen LogP contribution in [-0.4, -0.2) is 43.9 Å². The Morgan fingerprint density at radius 1 is 1.31 bits per heavy atom. The molecule has 0 bridgehead atoms. The first-order valence-electron chi connectivity index (χ1n) is 5.28. The van der Waals surface area contributed by atoms with Crippen LogP contribution in [0.5, 0.6) is 0 Å². The van der Waals surface area contributed by atoms with Gasteiger partial charge in [-0.1, -0.05) is 0 Å². The standard InChI is InChI=1S/C10H15F3N2O/c11-10(12,13)8-16-6-5-15-3-1-9(7-14)2-4-15/h9H,1-6,8H2. The smallest absolute Gasteiger partial charge is 0.371 e. The number of rotatable bonds is 4. The predicted octanol–water partition coefficient (Wildman–Crippen LogP) is 1.80. The Bertz CT molecular complexity index is 241. The minimum Gasteiger partial charge on any atom is -0.371 e. The van der Waals surface area contributed by atoms with Gasteiger partial charge >= 0.3 is 6.18 Å². The van der Waals surface area contributed by atoms with Crippen molar-refractivity contribution in [2.75, 3.05) is 32.8 Å². The van der Waals surface area contributed by atoms with Gasteiger partial charge in [-0.05, 0) is 25.9 Å². The second-order valence-corrected chi connectivity index (χ2v) is 3.91. The highest BCUT2D eigenvalue weighted by Gasteiger charge is 2.27. The number of alkyl halides is 3. The number of ether oxygens (including phenoxy) is 1. The van der Waals surface area contributed by atoms with Gasteiger partial charge in [0.2, 0.25) is 0 Å². The molecule has 0 radical (unpaired) electrons. The first-order valence-corrected chi connectivity index (χ1v) is 5.28. The van der Waals surface area contributed by atoms with Gasteiger partial charge < -0.3 is 9.64 Å². The maximum absolute atomic E-state index is 11.7. The number of nitrogens with zero attached hydrogens (tertiary/aromatic N) is 2. The molecule has 0 amide bonds. The molecule has 1 aliphatic heterocycles. The van der Waals surface area contributed by atoms with Gasteiger partial charge in [0.05, 0.1) is 12.7 Å². The van der Waals surface area contributed by atoms with Crippen LogP contribution in [0.25, 0.3) is 0 Å². The topological polar surface area (TPSA) is 36.3 Å². The van der Waals surface area contributed by atoms with E-state index in [-0.39, 0.29) is 12.5 Å². The zero-order chi connectivity index (χ0) is 12.0. The van der Waals surface area contributed by atoms with Gasteiger partial charge in [-0.2, -0.15) is 18.4 Å². The lowest BCUT2D eigenvalue weighted by molar-refractivity contribution is -0.174. The summed E-state index contributed by atoms with van der Waals surface area (Å²) in [5.74, 6) is 0.104. The van der Waals surface area contributed by atoms with Crippen LogP contribution in [0, 0.1) is 17.2 Å². The molecular formula is C10H15F3N2O. The Morgan fingerprint density at radius 2 is 1.94 bits per heavy atom. The van der Waals surface area contributed by atoms with E-state index < -0.39 is 12.8 Å². The lowest BCUT2D eigenvalue weighted by Gasteiger charge is -2.28. The molecule has 0 aliphatic carbocycles. The van der Waals surface area contributed by atoms with Crippen molar-refractivity contribution in [3.63, 3.8) is 0 Å². The fourth-order valence-electron chi connectivity index (χ4n) is 1.67. The lowest BCUT2D eigenvalue weighted by atomic mass is 9.99. The average molecular weight is 236 g/mol. The first-order chi connectivity index (χ1) is 7.51. The Morgan fingerprint density at radius 3 is 2.44 bits per heavy atom. The molecule has 1 heterocycles. The number of likely N-dealkylation sites (tertiary alicyclic amines) is 1. The van der Waals surface area contributed by atoms with Crippen molar-refractivity contribution in [1.82, 2.24) is 4.90 Å². The summed E-state index contributed by atoms with van der Waals surface area (Å²) in [7, 11) is 0. The van der Waals surface area contributed by atoms with Crippen molar-refractivity contribution in [2.24, 2.45) is 5.92 Å². The van der Waals surface area contributed by atoms with Crippen molar-refractivity contribution < 1.29 is 17.9 Å². The number of piperidine rings is 1. The maximum atomic E-state index is 11.7. The van der Waals surface area contributed by atoms with Crippen molar-refractivity contribution >= 4 is 0 Å². The fourth-order valence-corrected chi connectivity index (χ4v) is 1.67. The van der Waals surface area contributed by atoms with Crippen LogP contribution in [0.4, 0.5) is 13.2 Å². The van der Waals surface area contributed by atoms with Gasteiger partial charge in [-0.3, -0.25) is 0 Å². The second-order valence-electron chi connectivity index (χ2n) is 3.91. The summed E-state index contributed by atoms with van der Waals surface area (Å²) in [6.45, 7) is 0.966. The number of halogens is 3. The third-order valence-corrected chi connectivity index (χ3v) is 2.59. The van der Waals surface area contributed by atoms with Crippen LogP contribution in [-0.2, 0) is 4.74 Å². The summed E-state index contributed by atoms with van der Waals surface area (Å²) in [4.78, 5) is 2.03. The summed E-state index contributed by atoms with van der Waals surface area (Å²) in [6.07, 6.45) is -2.64. The average Bonchev–Trinajstić information content (AvgIpc) is 2.24. The molecule has 0 saturated carbocycles. The molecule has 92 valence electrons. The zero-order valence-corrected chi connectivity index (χ0v) is 8.96. The van der Waals surface area contributed by atoms with Gasteiger partial charge in [-0.15, -0.1) is 0 Å². The molecule has 3 nitrogen and oxygen atoms in total. The highest BCUT2D eigenvalue weighted by molar-refractivity contribution is 4.87. The van der Waals surface area contributed by atoms with E-state index in [9.17, 15) is 13.2 Å². The van der Waals surface area contributed by atoms with Crippen molar-refractivity contribution in [3.05, 3.63) is 0 Å². The fraction of sp³-hybridized carbons (Fsp3) is 0.900. The Kier molecular flexibility index (Phi) is 5.03. The van der Waals surface area contributed by atoms with E-state index in [2.05, 4.69) is 10.8 Å². The third-order valence-electron chi connectivity index (χ3n) is 2.59. The molecule has 1 saturated heterocycles. The van der Waals surface area contributed by atoms with E-state index in [4.69, 9.17) is 5.26 Å². The summed E-state index contributed by atoms with van der Waals surface area (Å²) in [6, 6.07) is 2.20. The normalized spacial score (nSPS) is 19.6. The monoisotopic (exact) mass is 236 g/mol. The minimum atomic E-state index is -4.24. The molecule has 0 aromatic heterocycles. The van der Waals surface area contributed by atoms with Crippen molar-refractivity contribution in [3.8, 4) is 6.07 Å². The minimum absolute atomic E-state index is 0.0940. The number of hydrogen-bond donors (Lipinski definition) is 0. The van der Waals surface area contributed by atoms with Crippen LogP contribution < -0.4 is 0 Å². The Balaban J connectivity index is 2.05. The van der Waals surface area contributed by atoms with Crippen LogP contribution in [0.1, 0.15) is 12.8 Å². The maximum Gasteiger partial charge on any atom is 0.411 e. The third kappa shape index (κ3) is 5.33. The predicted molar refractivity (Wildman–Crippen MR) is 51.7 cm³/mol. The van der Waals surface area contributed by atoms with E-state index in [1.165, 1.54) is 0 Å². The molecule has 0 spiro atoms. The zero-order valence-electron chi connectivity index (χ0n) is 8.96. The van der Waals surface area contributed by atoms with Crippen LogP contribution >= 0.6 is 0 Å². The quantitative estimate of drug-likeness (QED) is 0.698. The van der Waals surface area contributed by atoms with E-state index in [0.29, 0.717) is 6.54 Å². The van der Waals surface area contributed by atoms with E-state index in [1.54, 1.807) is 0 Å². The van der Waals surface area contributed by atoms with Gasteiger partial charge in [-0.25, -0.2) is 0 Å². The SMILES string of the molecule is N#CC1CCN(CCOCC(F)(F)F)CC1. The molecule has 0 aromatic carbocycles. The van der Waals surface area contributed by atoms with E-state index >= 15 is 0 Å². The summed E-state index contributed by atoms with van der Waals surface area (Å²) < 4.78 is 39.8. The molecule has 0 aromatic rings. The molecule has 16 heavy (non-hydrogen) atoms.